The van der Waals surface area contributed by atoms with Crippen LogP contribution in [-0.4, -0.2) is 39.7 Å². The molecule has 1 N–H and O–H groups in total. The molecule has 0 saturated carbocycles. The zero-order valence-electron chi connectivity index (χ0n) is 13.2. The molecular formula is C18H26N2O2. The minimum absolute atomic E-state index is 0.390. The van der Waals surface area contributed by atoms with Crippen LogP contribution in [0.4, 0.5) is 0 Å². The van der Waals surface area contributed by atoms with Crippen LogP contribution in [-0.2, 0) is 6.54 Å². The van der Waals surface area contributed by atoms with E-state index in [4.69, 9.17) is 5.11 Å². The lowest BCUT2D eigenvalue weighted by Gasteiger charge is -2.36. The Morgan fingerprint density at radius 2 is 2.05 bits per heavy atom. The maximum Gasteiger partial charge on any atom is 0.337 e. The molecule has 1 aliphatic carbocycles. The minimum atomic E-state index is -0.839. The minimum Gasteiger partial charge on any atom is -0.478 e. The zero-order chi connectivity index (χ0) is 15.4. The van der Waals surface area contributed by atoms with Crippen LogP contribution >= 0.6 is 0 Å². The predicted molar refractivity (Wildman–Crippen MR) is 87.1 cm³/mol. The molecule has 1 saturated heterocycles. The predicted octanol–water partition coefficient (Wildman–Crippen LogP) is 3.40. The fraction of sp³-hybridized carbons (Fsp3) is 0.611. The summed E-state index contributed by atoms with van der Waals surface area (Å²) in [6.45, 7) is 3.29. The molecule has 0 aromatic carbocycles. The largest absolute Gasteiger partial charge is 0.478 e. The van der Waals surface area contributed by atoms with Gasteiger partial charge in [-0.25, -0.2) is 4.79 Å². The van der Waals surface area contributed by atoms with Gasteiger partial charge in [0.25, 0.3) is 0 Å². The van der Waals surface area contributed by atoms with Crippen molar-refractivity contribution in [1.82, 2.24) is 9.47 Å². The van der Waals surface area contributed by atoms with Gasteiger partial charge < -0.3 is 9.67 Å². The number of rotatable bonds is 4. The van der Waals surface area contributed by atoms with Crippen molar-refractivity contribution in [3.05, 3.63) is 36.2 Å². The van der Waals surface area contributed by atoms with E-state index in [1.807, 2.05) is 10.8 Å². The Hall–Kier alpha value is -1.55. The highest BCUT2D eigenvalue weighted by Crippen LogP contribution is 2.24. The van der Waals surface area contributed by atoms with Crippen molar-refractivity contribution >= 4 is 5.97 Å². The lowest BCUT2D eigenvalue weighted by Crippen LogP contribution is -2.41. The molecule has 4 nitrogen and oxygen atoms in total. The molecule has 1 aliphatic heterocycles. The summed E-state index contributed by atoms with van der Waals surface area (Å²) in [5, 5.41) is 8.98. The second-order valence-electron chi connectivity index (χ2n) is 6.66. The van der Waals surface area contributed by atoms with Crippen molar-refractivity contribution < 1.29 is 9.90 Å². The highest BCUT2D eigenvalue weighted by Gasteiger charge is 2.24. The van der Waals surface area contributed by atoms with Gasteiger partial charge in [-0.3, -0.25) is 4.90 Å². The van der Waals surface area contributed by atoms with E-state index in [1.54, 1.807) is 12.3 Å². The van der Waals surface area contributed by atoms with Crippen LogP contribution in [0, 0.1) is 5.92 Å². The molecule has 1 atom stereocenters. The van der Waals surface area contributed by atoms with E-state index in [0.29, 0.717) is 17.5 Å². The Bertz CT molecular complexity index is 527. The van der Waals surface area contributed by atoms with Crippen LogP contribution < -0.4 is 0 Å². The Labute approximate surface area is 132 Å². The summed E-state index contributed by atoms with van der Waals surface area (Å²) < 4.78 is 2.04. The summed E-state index contributed by atoms with van der Waals surface area (Å²) in [5.74, 6) is -0.172. The van der Waals surface area contributed by atoms with E-state index in [-0.39, 0.29) is 0 Å². The van der Waals surface area contributed by atoms with Gasteiger partial charge in [0.15, 0.2) is 0 Å². The SMILES string of the molecule is O=C(O)c1ccn(CC2CCN(C3C=CCCCC3)CC2)c1. The number of piperidine rings is 1. The van der Waals surface area contributed by atoms with E-state index in [9.17, 15) is 4.79 Å². The maximum atomic E-state index is 10.9. The molecule has 2 heterocycles. The lowest BCUT2D eigenvalue weighted by atomic mass is 9.95. The summed E-state index contributed by atoms with van der Waals surface area (Å²) in [5.41, 5.74) is 0.390. The Morgan fingerprint density at radius 1 is 1.23 bits per heavy atom. The highest BCUT2D eigenvalue weighted by atomic mass is 16.4. The van der Waals surface area contributed by atoms with Gasteiger partial charge in [0, 0.05) is 25.0 Å². The number of allylic oxidation sites excluding steroid dienone is 1. The molecule has 0 amide bonds. The zero-order valence-corrected chi connectivity index (χ0v) is 13.2. The average Bonchev–Trinajstić information content (AvgIpc) is 2.82. The topological polar surface area (TPSA) is 45.5 Å². The molecular weight excluding hydrogens is 276 g/mol. The molecule has 2 aliphatic rings. The van der Waals surface area contributed by atoms with Gasteiger partial charge in [-0.2, -0.15) is 0 Å². The summed E-state index contributed by atoms with van der Waals surface area (Å²) in [6.07, 6.45) is 16.1. The number of aromatic nitrogens is 1. The van der Waals surface area contributed by atoms with Crippen molar-refractivity contribution in [3.63, 3.8) is 0 Å². The van der Waals surface area contributed by atoms with Crippen molar-refractivity contribution in [2.45, 2.75) is 51.1 Å². The maximum absolute atomic E-state index is 10.9. The van der Waals surface area contributed by atoms with E-state index in [2.05, 4.69) is 17.1 Å². The van der Waals surface area contributed by atoms with Crippen LogP contribution in [0.1, 0.15) is 48.9 Å². The van der Waals surface area contributed by atoms with Gasteiger partial charge in [-0.05, 0) is 57.2 Å². The Kier molecular flexibility index (Phi) is 4.98. The molecule has 0 radical (unpaired) electrons. The Morgan fingerprint density at radius 3 is 2.77 bits per heavy atom. The van der Waals surface area contributed by atoms with E-state index in [0.717, 1.165) is 6.54 Å². The number of hydrogen-bond donors (Lipinski definition) is 1. The first kappa shape index (κ1) is 15.3. The lowest BCUT2D eigenvalue weighted by molar-refractivity contribution is 0.0696. The van der Waals surface area contributed by atoms with Crippen LogP contribution in [0.2, 0.25) is 0 Å². The average molecular weight is 302 g/mol. The van der Waals surface area contributed by atoms with Crippen LogP contribution in [0.3, 0.4) is 0 Å². The first-order valence-corrected chi connectivity index (χ1v) is 8.52. The summed E-state index contributed by atoms with van der Waals surface area (Å²) >= 11 is 0. The quantitative estimate of drug-likeness (QED) is 0.867. The smallest absolute Gasteiger partial charge is 0.337 e. The molecule has 120 valence electrons. The number of hydrogen-bond acceptors (Lipinski definition) is 2. The molecule has 1 aromatic rings. The van der Waals surface area contributed by atoms with Crippen molar-refractivity contribution in [3.8, 4) is 0 Å². The molecule has 4 heteroatoms. The third-order valence-corrected chi connectivity index (χ3v) is 5.06. The van der Waals surface area contributed by atoms with Gasteiger partial charge in [-0.1, -0.05) is 18.6 Å². The van der Waals surface area contributed by atoms with Crippen LogP contribution in [0.5, 0.6) is 0 Å². The standard InChI is InChI=1S/C18H26N2O2/c21-18(22)16-9-10-19(14-16)13-15-7-11-20(12-8-15)17-5-3-1-2-4-6-17/h3,5,9-10,14-15,17H,1-2,4,6-8,11-13H2,(H,21,22). The number of carboxylic acids is 1. The van der Waals surface area contributed by atoms with Crippen molar-refractivity contribution in [2.75, 3.05) is 13.1 Å². The summed E-state index contributed by atoms with van der Waals surface area (Å²) in [7, 11) is 0. The van der Waals surface area contributed by atoms with Crippen molar-refractivity contribution in [1.29, 1.82) is 0 Å². The summed E-state index contributed by atoms with van der Waals surface area (Å²) in [6, 6.07) is 2.34. The molecule has 0 bridgehead atoms. The molecule has 3 rings (SSSR count). The first-order chi connectivity index (χ1) is 10.7. The fourth-order valence-corrected chi connectivity index (χ4v) is 3.72. The molecule has 1 aromatic heterocycles. The fourth-order valence-electron chi connectivity index (χ4n) is 3.72. The molecule has 22 heavy (non-hydrogen) atoms. The number of aromatic carboxylic acids is 1. The van der Waals surface area contributed by atoms with Gasteiger partial charge in [0.1, 0.15) is 0 Å². The van der Waals surface area contributed by atoms with Gasteiger partial charge >= 0.3 is 5.97 Å². The first-order valence-electron chi connectivity index (χ1n) is 8.52. The van der Waals surface area contributed by atoms with E-state index in [1.165, 1.54) is 51.6 Å². The number of carbonyl (C=O) groups is 1. The molecule has 0 spiro atoms. The highest BCUT2D eigenvalue weighted by molar-refractivity contribution is 5.87. The van der Waals surface area contributed by atoms with E-state index < -0.39 is 5.97 Å². The van der Waals surface area contributed by atoms with Crippen LogP contribution in [0.15, 0.2) is 30.6 Å². The number of carboxylic acid groups (broad SMARTS) is 1. The third kappa shape index (κ3) is 3.80. The Balaban J connectivity index is 1.49. The molecule has 1 unspecified atom stereocenters. The van der Waals surface area contributed by atoms with Crippen LogP contribution in [0.25, 0.3) is 0 Å². The van der Waals surface area contributed by atoms with Crippen molar-refractivity contribution in [2.24, 2.45) is 5.92 Å². The summed E-state index contributed by atoms with van der Waals surface area (Å²) in [4.78, 5) is 13.6. The number of likely N-dealkylation sites (tertiary alicyclic amines) is 1. The normalized spacial score (nSPS) is 24.3. The van der Waals surface area contributed by atoms with Gasteiger partial charge in [-0.15, -0.1) is 0 Å². The second-order valence-corrected chi connectivity index (χ2v) is 6.66. The number of nitrogens with zero attached hydrogens (tertiary/aromatic N) is 2. The second kappa shape index (κ2) is 7.14. The van der Waals surface area contributed by atoms with E-state index >= 15 is 0 Å². The van der Waals surface area contributed by atoms with Gasteiger partial charge in [0.2, 0.25) is 0 Å². The third-order valence-electron chi connectivity index (χ3n) is 5.06. The monoisotopic (exact) mass is 302 g/mol. The van der Waals surface area contributed by atoms with Gasteiger partial charge in [0.05, 0.1) is 5.56 Å². The molecule has 1 fully saturated rings.